The molecule has 0 spiro atoms. The third-order valence-corrected chi connectivity index (χ3v) is 3.30. The van der Waals surface area contributed by atoms with Gasteiger partial charge in [0.15, 0.2) is 0 Å². The number of hydrogen-bond donors (Lipinski definition) is 2. The second-order valence-electron chi connectivity index (χ2n) is 4.35. The first-order chi connectivity index (χ1) is 7.86. The van der Waals surface area contributed by atoms with E-state index < -0.39 is 0 Å². The summed E-state index contributed by atoms with van der Waals surface area (Å²) in [5.74, 6) is 6.84. The maximum absolute atomic E-state index is 5.56. The highest BCUT2D eigenvalue weighted by atomic mass is 16.5. The fourth-order valence-corrected chi connectivity index (χ4v) is 2.28. The molecule has 0 aliphatic heterocycles. The first-order valence-corrected chi connectivity index (χ1v) is 5.95. The molecule has 3 atom stereocenters. The molecule has 0 amide bonds. The lowest BCUT2D eigenvalue weighted by atomic mass is 10.1. The Balaban J connectivity index is 1.89. The van der Waals surface area contributed by atoms with Crippen molar-refractivity contribution in [3.8, 4) is 0 Å². The number of nitrogens with two attached hydrogens (primary N) is 1. The third kappa shape index (κ3) is 2.61. The van der Waals surface area contributed by atoms with E-state index in [1.165, 1.54) is 12.0 Å². The smallest absolute Gasteiger partial charge is 0.0635 e. The second-order valence-corrected chi connectivity index (χ2v) is 4.35. The van der Waals surface area contributed by atoms with Crippen LogP contribution in [0.1, 0.15) is 24.8 Å². The van der Waals surface area contributed by atoms with E-state index in [4.69, 9.17) is 10.6 Å². The van der Waals surface area contributed by atoms with E-state index in [-0.39, 0.29) is 6.04 Å². The van der Waals surface area contributed by atoms with Crippen molar-refractivity contribution in [2.45, 2.75) is 25.3 Å². The summed E-state index contributed by atoms with van der Waals surface area (Å²) in [7, 11) is 0. The van der Waals surface area contributed by atoms with Gasteiger partial charge in [0.2, 0.25) is 0 Å². The van der Waals surface area contributed by atoms with E-state index >= 15 is 0 Å². The van der Waals surface area contributed by atoms with Gasteiger partial charge in [0.05, 0.1) is 6.61 Å². The summed E-state index contributed by atoms with van der Waals surface area (Å²) in [5.41, 5.74) is 4.29. The molecule has 0 aromatic heterocycles. The highest BCUT2D eigenvalue weighted by molar-refractivity contribution is 5.26. The summed E-state index contributed by atoms with van der Waals surface area (Å²) in [6.45, 7) is 3.47. The Morgan fingerprint density at radius 2 is 2.19 bits per heavy atom. The fourth-order valence-electron chi connectivity index (χ4n) is 2.28. The fraction of sp³-hybridized carbons (Fsp3) is 0.538. The molecule has 88 valence electrons. The molecule has 3 heteroatoms. The average molecular weight is 220 g/mol. The van der Waals surface area contributed by atoms with Crippen molar-refractivity contribution in [1.29, 1.82) is 0 Å². The number of rotatable bonds is 6. The molecule has 3 unspecified atom stereocenters. The first-order valence-electron chi connectivity index (χ1n) is 5.95. The molecule has 16 heavy (non-hydrogen) atoms. The van der Waals surface area contributed by atoms with Crippen molar-refractivity contribution in [3.63, 3.8) is 0 Å². The number of benzene rings is 1. The molecule has 1 aliphatic rings. The van der Waals surface area contributed by atoms with Crippen molar-refractivity contribution >= 4 is 0 Å². The first kappa shape index (κ1) is 11.6. The molecule has 2 rings (SSSR count). The quantitative estimate of drug-likeness (QED) is 0.566. The SMILES string of the molecule is CCOCC(NN)C1CC1c1ccccc1. The summed E-state index contributed by atoms with van der Waals surface area (Å²) in [6.07, 6.45) is 1.21. The number of ether oxygens (including phenoxy) is 1. The van der Waals surface area contributed by atoms with Gasteiger partial charge in [-0.2, -0.15) is 0 Å². The molecule has 1 saturated carbocycles. The molecule has 1 aliphatic carbocycles. The minimum atomic E-state index is 0.283. The van der Waals surface area contributed by atoms with E-state index in [2.05, 4.69) is 35.8 Å². The van der Waals surface area contributed by atoms with Gasteiger partial charge in [-0.15, -0.1) is 0 Å². The van der Waals surface area contributed by atoms with Crippen LogP contribution >= 0.6 is 0 Å². The highest BCUT2D eigenvalue weighted by Gasteiger charge is 2.43. The summed E-state index contributed by atoms with van der Waals surface area (Å²) in [6, 6.07) is 10.9. The molecule has 3 nitrogen and oxygen atoms in total. The molecule has 1 aromatic carbocycles. The molecule has 0 radical (unpaired) electrons. The molecular weight excluding hydrogens is 200 g/mol. The van der Waals surface area contributed by atoms with Gasteiger partial charge < -0.3 is 4.74 Å². The Labute approximate surface area is 97.0 Å². The van der Waals surface area contributed by atoms with Crippen LogP contribution in [0.25, 0.3) is 0 Å². The molecular formula is C13H20N2O. The van der Waals surface area contributed by atoms with Crippen LogP contribution in [-0.4, -0.2) is 19.3 Å². The molecule has 0 saturated heterocycles. The zero-order chi connectivity index (χ0) is 11.4. The maximum atomic E-state index is 5.56. The summed E-state index contributed by atoms with van der Waals surface area (Å²) in [5, 5.41) is 0. The van der Waals surface area contributed by atoms with Gasteiger partial charge in [-0.1, -0.05) is 30.3 Å². The van der Waals surface area contributed by atoms with Crippen LogP contribution in [0.3, 0.4) is 0 Å². The highest BCUT2D eigenvalue weighted by Crippen LogP contribution is 2.49. The van der Waals surface area contributed by atoms with E-state index in [9.17, 15) is 0 Å². The number of hydrazine groups is 1. The molecule has 3 N–H and O–H groups in total. The minimum Gasteiger partial charge on any atom is -0.380 e. The van der Waals surface area contributed by atoms with Gasteiger partial charge in [0.1, 0.15) is 0 Å². The van der Waals surface area contributed by atoms with Gasteiger partial charge in [0, 0.05) is 12.6 Å². The molecule has 0 bridgehead atoms. The lowest BCUT2D eigenvalue weighted by Crippen LogP contribution is -2.40. The van der Waals surface area contributed by atoms with Crippen LogP contribution < -0.4 is 11.3 Å². The van der Waals surface area contributed by atoms with Crippen molar-refractivity contribution in [1.82, 2.24) is 5.43 Å². The molecule has 1 aromatic rings. The minimum absolute atomic E-state index is 0.283. The van der Waals surface area contributed by atoms with Crippen molar-refractivity contribution in [2.24, 2.45) is 11.8 Å². The van der Waals surface area contributed by atoms with Crippen molar-refractivity contribution in [3.05, 3.63) is 35.9 Å². The van der Waals surface area contributed by atoms with E-state index in [1.54, 1.807) is 0 Å². The second kappa shape index (κ2) is 5.43. The van der Waals surface area contributed by atoms with Crippen LogP contribution in [0.4, 0.5) is 0 Å². The normalized spacial score (nSPS) is 25.4. The predicted molar refractivity (Wildman–Crippen MR) is 64.9 cm³/mol. The Bertz CT molecular complexity index is 315. The standard InChI is InChI=1S/C13H20N2O/c1-2-16-9-13(15-14)12-8-11(12)10-6-4-3-5-7-10/h3-7,11-13,15H,2,8-9,14H2,1H3. The Morgan fingerprint density at radius 3 is 2.81 bits per heavy atom. The topological polar surface area (TPSA) is 47.3 Å². The van der Waals surface area contributed by atoms with E-state index in [0.29, 0.717) is 18.4 Å². The lowest BCUT2D eigenvalue weighted by molar-refractivity contribution is 0.116. The zero-order valence-electron chi connectivity index (χ0n) is 9.73. The van der Waals surface area contributed by atoms with Crippen LogP contribution in [-0.2, 0) is 4.74 Å². The average Bonchev–Trinajstić information content (AvgIpc) is 3.12. The Hall–Kier alpha value is -0.900. The predicted octanol–water partition coefficient (Wildman–Crippen LogP) is 1.66. The Kier molecular flexibility index (Phi) is 3.93. The van der Waals surface area contributed by atoms with Crippen LogP contribution in [0.15, 0.2) is 30.3 Å². The molecule has 1 fully saturated rings. The van der Waals surface area contributed by atoms with Crippen LogP contribution in [0, 0.1) is 5.92 Å². The summed E-state index contributed by atoms with van der Waals surface area (Å²) in [4.78, 5) is 0. The summed E-state index contributed by atoms with van der Waals surface area (Å²) >= 11 is 0. The largest absolute Gasteiger partial charge is 0.380 e. The van der Waals surface area contributed by atoms with Gasteiger partial charge in [0.25, 0.3) is 0 Å². The number of nitrogens with one attached hydrogen (secondary N) is 1. The lowest BCUT2D eigenvalue weighted by Gasteiger charge is -2.15. The van der Waals surface area contributed by atoms with Gasteiger partial charge >= 0.3 is 0 Å². The van der Waals surface area contributed by atoms with Gasteiger partial charge in [-0.3, -0.25) is 11.3 Å². The van der Waals surface area contributed by atoms with Crippen molar-refractivity contribution < 1.29 is 4.74 Å². The van der Waals surface area contributed by atoms with E-state index in [1.807, 2.05) is 6.92 Å². The zero-order valence-corrected chi connectivity index (χ0v) is 9.73. The maximum Gasteiger partial charge on any atom is 0.0635 e. The third-order valence-electron chi connectivity index (χ3n) is 3.30. The monoisotopic (exact) mass is 220 g/mol. The van der Waals surface area contributed by atoms with Gasteiger partial charge in [-0.25, -0.2) is 0 Å². The molecule has 0 heterocycles. The van der Waals surface area contributed by atoms with Crippen molar-refractivity contribution in [2.75, 3.05) is 13.2 Å². The Morgan fingerprint density at radius 1 is 1.44 bits per heavy atom. The van der Waals surface area contributed by atoms with Crippen LogP contribution in [0.5, 0.6) is 0 Å². The number of hydrogen-bond acceptors (Lipinski definition) is 3. The van der Waals surface area contributed by atoms with E-state index in [0.717, 1.165) is 6.61 Å². The summed E-state index contributed by atoms with van der Waals surface area (Å²) < 4.78 is 5.43. The van der Waals surface area contributed by atoms with Crippen LogP contribution in [0.2, 0.25) is 0 Å². The van der Waals surface area contributed by atoms with Gasteiger partial charge in [-0.05, 0) is 30.7 Å².